The van der Waals surface area contributed by atoms with Gasteiger partial charge in [-0.2, -0.15) is 5.10 Å². The van der Waals surface area contributed by atoms with Crippen LogP contribution in [0.3, 0.4) is 0 Å². The van der Waals surface area contributed by atoms with Crippen LogP contribution in [0.4, 0.5) is 0 Å². The Balaban J connectivity index is 2.00. The number of aromatic nitrogens is 2. The molecule has 0 fully saturated rings. The summed E-state index contributed by atoms with van der Waals surface area (Å²) in [6.07, 6.45) is 3.88. The van der Waals surface area contributed by atoms with Crippen molar-refractivity contribution >= 4 is 28.1 Å². The molecule has 0 N–H and O–H groups in total. The number of hydrogen-bond donors (Lipinski definition) is 0. The fraction of sp³-hybridized carbons (Fsp3) is 0.235. The Morgan fingerprint density at radius 2 is 1.81 bits per heavy atom. The summed E-state index contributed by atoms with van der Waals surface area (Å²) in [4.78, 5) is 0. The Labute approximate surface area is 138 Å². The van der Waals surface area contributed by atoms with Crippen LogP contribution in [0.5, 0.6) is 0 Å². The van der Waals surface area contributed by atoms with Crippen molar-refractivity contribution in [2.24, 2.45) is 0 Å². The molecule has 108 valence electrons. The topological polar surface area (TPSA) is 26.5 Å². The lowest BCUT2D eigenvalue weighted by molar-refractivity contribution is 0.0192. The van der Waals surface area contributed by atoms with Gasteiger partial charge in [0.25, 0.3) is 0 Å². The van der Waals surface area contributed by atoms with Crippen LogP contribution in [0.2, 0.25) is 0 Å². The van der Waals surface area contributed by atoms with E-state index in [-0.39, 0.29) is 5.60 Å². The van der Waals surface area contributed by atoms with Gasteiger partial charge in [-0.1, -0.05) is 24.3 Å². The highest BCUT2D eigenvalue weighted by molar-refractivity contribution is 14.1. The van der Waals surface area contributed by atoms with Crippen molar-refractivity contribution in [3.63, 3.8) is 0 Å². The average Bonchev–Trinajstić information content (AvgIpc) is 2.88. The van der Waals surface area contributed by atoms with Crippen LogP contribution in [-0.2, 0) is 10.3 Å². The van der Waals surface area contributed by atoms with Crippen LogP contribution in [0, 0.1) is 3.57 Å². The lowest BCUT2D eigenvalue weighted by atomic mass is 9.95. The summed E-state index contributed by atoms with van der Waals surface area (Å²) < 4.78 is 8.58. The molecule has 0 amide bonds. The molecule has 2 heterocycles. The molecule has 0 bridgehead atoms. The summed E-state index contributed by atoms with van der Waals surface area (Å²) in [6.45, 7) is 4.14. The van der Waals surface area contributed by atoms with Crippen LogP contribution in [-0.4, -0.2) is 16.7 Å². The van der Waals surface area contributed by atoms with Crippen LogP contribution in [0.1, 0.15) is 19.4 Å². The highest BCUT2D eigenvalue weighted by Crippen LogP contribution is 2.28. The predicted molar refractivity (Wildman–Crippen MR) is 93.4 cm³/mol. The summed E-state index contributed by atoms with van der Waals surface area (Å²) in [5.74, 6) is 0. The summed E-state index contributed by atoms with van der Waals surface area (Å²) in [5, 5.41) is 4.30. The summed E-state index contributed by atoms with van der Waals surface area (Å²) in [5.41, 5.74) is 4.44. The second kappa shape index (κ2) is 5.42. The molecular weight excluding hydrogens is 375 g/mol. The maximum atomic E-state index is 5.52. The number of hydrogen-bond acceptors (Lipinski definition) is 2. The standard InChI is InChI=1S/C17H17IN2O/c1-17(2,21-3)14-6-4-12(5-7-14)13-8-9-20-16(10-13)15(18)11-19-20/h4-11H,1-3H3. The lowest BCUT2D eigenvalue weighted by Crippen LogP contribution is -2.19. The van der Waals surface area contributed by atoms with Crippen molar-refractivity contribution in [1.29, 1.82) is 0 Å². The molecule has 2 aromatic heterocycles. The molecule has 0 unspecified atom stereocenters. The maximum Gasteiger partial charge on any atom is 0.0871 e. The number of fused-ring (bicyclic) bond motifs is 1. The number of ether oxygens (including phenoxy) is 1. The van der Waals surface area contributed by atoms with Crippen molar-refractivity contribution in [3.05, 3.63) is 57.9 Å². The van der Waals surface area contributed by atoms with Gasteiger partial charge in [-0.05, 0) is 65.3 Å². The Morgan fingerprint density at radius 1 is 1.10 bits per heavy atom. The number of methoxy groups -OCH3 is 1. The lowest BCUT2D eigenvalue weighted by Gasteiger charge is -2.23. The molecule has 21 heavy (non-hydrogen) atoms. The molecule has 3 rings (SSSR count). The Hall–Kier alpha value is -1.40. The molecule has 0 saturated heterocycles. The summed E-state index contributed by atoms with van der Waals surface area (Å²) in [7, 11) is 1.74. The molecule has 0 spiro atoms. The minimum absolute atomic E-state index is 0.261. The van der Waals surface area contributed by atoms with Crippen LogP contribution in [0.15, 0.2) is 48.8 Å². The first kappa shape index (κ1) is 14.5. The minimum atomic E-state index is -0.261. The Morgan fingerprint density at radius 3 is 2.48 bits per heavy atom. The van der Waals surface area contributed by atoms with E-state index in [2.05, 4.69) is 77.9 Å². The van der Waals surface area contributed by atoms with Gasteiger partial charge in [-0.15, -0.1) is 0 Å². The molecule has 3 aromatic rings. The van der Waals surface area contributed by atoms with Gasteiger partial charge in [0, 0.05) is 13.3 Å². The normalized spacial score (nSPS) is 12.0. The van der Waals surface area contributed by atoms with Crippen LogP contribution < -0.4 is 0 Å². The largest absolute Gasteiger partial charge is 0.374 e. The van der Waals surface area contributed by atoms with Crippen LogP contribution >= 0.6 is 22.6 Å². The van der Waals surface area contributed by atoms with E-state index < -0.39 is 0 Å². The van der Waals surface area contributed by atoms with E-state index in [1.54, 1.807) is 7.11 Å². The van der Waals surface area contributed by atoms with Crippen molar-refractivity contribution in [3.8, 4) is 11.1 Å². The first-order valence-electron chi connectivity index (χ1n) is 6.80. The molecule has 0 aliphatic rings. The third-order valence-electron chi connectivity index (χ3n) is 3.90. The predicted octanol–water partition coefficient (Wildman–Crippen LogP) is 4.49. The Bertz CT molecular complexity index is 775. The van der Waals surface area contributed by atoms with E-state index in [9.17, 15) is 0 Å². The zero-order valence-electron chi connectivity index (χ0n) is 12.3. The summed E-state index contributed by atoms with van der Waals surface area (Å²) >= 11 is 2.31. The van der Waals surface area contributed by atoms with E-state index in [4.69, 9.17) is 4.74 Å². The minimum Gasteiger partial charge on any atom is -0.374 e. The van der Waals surface area contributed by atoms with E-state index in [0.717, 1.165) is 9.09 Å². The molecular formula is C17H17IN2O. The zero-order chi connectivity index (χ0) is 15.0. The van der Waals surface area contributed by atoms with Gasteiger partial charge in [0.2, 0.25) is 0 Å². The molecule has 4 heteroatoms. The Kier molecular flexibility index (Phi) is 3.75. The quantitative estimate of drug-likeness (QED) is 0.615. The molecule has 0 radical (unpaired) electrons. The fourth-order valence-electron chi connectivity index (χ4n) is 2.31. The van der Waals surface area contributed by atoms with Crippen LogP contribution in [0.25, 0.3) is 16.6 Å². The second-order valence-corrected chi connectivity index (χ2v) is 6.69. The maximum absolute atomic E-state index is 5.52. The third-order valence-corrected chi connectivity index (χ3v) is 4.73. The molecule has 0 aliphatic carbocycles. The van der Waals surface area contributed by atoms with Gasteiger partial charge in [0.1, 0.15) is 0 Å². The van der Waals surface area contributed by atoms with Crippen molar-refractivity contribution < 1.29 is 4.74 Å². The molecule has 0 atom stereocenters. The fourth-order valence-corrected chi connectivity index (χ4v) is 2.84. The molecule has 3 nitrogen and oxygen atoms in total. The van der Waals surface area contributed by atoms with Gasteiger partial charge >= 0.3 is 0 Å². The number of nitrogens with zero attached hydrogens (tertiary/aromatic N) is 2. The van der Waals surface area contributed by atoms with Gasteiger partial charge in [-0.3, -0.25) is 0 Å². The molecule has 1 aromatic carbocycles. The highest BCUT2D eigenvalue weighted by Gasteiger charge is 2.18. The number of pyridine rings is 1. The number of halogens is 1. The van der Waals surface area contributed by atoms with Crippen molar-refractivity contribution in [2.75, 3.05) is 7.11 Å². The third kappa shape index (κ3) is 2.70. The smallest absolute Gasteiger partial charge is 0.0871 e. The second-order valence-electron chi connectivity index (χ2n) is 5.53. The first-order chi connectivity index (χ1) is 10.0. The van der Waals surface area contributed by atoms with E-state index in [0.29, 0.717) is 0 Å². The zero-order valence-corrected chi connectivity index (χ0v) is 14.5. The van der Waals surface area contributed by atoms with Crippen molar-refractivity contribution in [1.82, 2.24) is 9.61 Å². The van der Waals surface area contributed by atoms with Gasteiger partial charge in [0.15, 0.2) is 0 Å². The van der Waals surface area contributed by atoms with E-state index in [1.807, 2.05) is 16.9 Å². The van der Waals surface area contributed by atoms with Gasteiger partial charge < -0.3 is 4.74 Å². The number of rotatable bonds is 3. The summed E-state index contributed by atoms with van der Waals surface area (Å²) in [6, 6.07) is 12.8. The average molecular weight is 392 g/mol. The highest BCUT2D eigenvalue weighted by atomic mass is 127. The van der Waals surface area contributed by atoms with Gasteiger partial charge in [0.05, 0.1) is 20.9 Å². The first-order valence-corrected chi connectivity index (χ1v) is 7.88. The van der Waals surface area contributed by atoms with E-state index in [1.165, 1.54) is 16.7 Å². The molecule has 0 saturated carbocycles. The molecule has 0 aliphatic heterocycles. The number of benzene rings is 1. The SMILES string of the molecule is COC(C)(C)c1ccc(-c2ccn3ncc(I)c3c2)cc1. The van der Waals surface area contributed by atoms with Crippen molar-refractivity contribution in [2.45, 2.75) is 19.4 Å². The monoisotopic (exact) mass is 392 g/mol. The van der Waals surface area contributed by atoms with E-state index >= 15 is 0 Å². The van der Waals surface area contributed by atoms with Gasteiger partial charge in [-0.25, -0.2) is 4.52 Å².